The number of hydrogen-bond acceptors (Lipinski definition) is 3. The molecule has 1 saturated carbocycles. The van der Waals surface area contributed by atoms with Gasteiger partial charge in [-0.15, -0.1) is 0 Å². The molecule has 0 aromatic rings. The number of carbonyl (C=O) groups is 1. The van der Waals surface area contributed by atoms with E-state index >= 15 is 0 Å². The predicted molar refractivity (Wildman–Crippen MR) is 62.2 cm³/mol. The van der Waals surface area contributed by atoms with Gasteiger partial charge in [-0.3, -0.25) is 4.79 Å². The van der Waals surface area contributed by atoms with Crippen molar-refractivity contribution in [2.45, 2.75) is 45.6 Å². The summed E-state index contributed by atoms with van der Waals surface area (Å²) < 4.78 is 0. The van der Waals surface area contributed by atoms with E-state index in [2.05, 4.69) is 5.16 Å². The van der Waals surface area contributed by atoms with Crippen molar-refractivity contribution in [3.63, 3.8) is 0 Å². The van der Waals surface area contributed by atoms with Crippen LogP contribution in [0.2, 0.25) is 0 Å². The van der Waals surface area contributed by atoms with Crippen LogP contribution in [0.4, 0.5) is 0 Å². The van der Waals surface area contributed by atoms with Crippen molar-refractivity contribution in [3.8, 4) is 0 Å². The number of amides is 1. The largest absolute Gasteiger partial charge is 0.409 e. The number of nitrogens with zero attached hydrogens (tertiary/aromatic N) is 2. The van der Waals surface area contributed by atoms with Crippen molar-refractivity contribution >= 4 is 11.7 Å². The fourth-order valence-electron chi connectivity index (χ4n) is 1.83. The second kappa shape index (κ2) is 5.72. The maximum absolute atomic E-state index is 12.0. The van der Waals surface area contributed by atoms with Gasteiger partial charge in [0.05, 0.1) is 6.54 Å². The van der Waals surface area contributed by atoms with Gasteiger partial charge in [0.2, 0.25) is 5.91 Å². The van der Waals surface area contributed by atoms with Crippen molar-refractivity contribution < 1.29 is 10.0 Å². The first-order valence-corrected chi connectivity index (χ1v) is 5.80. The summed E-state index contributed by atoms with van der Waals surface area (Å²) in [4.78, 5) is 13.6. The Morgan fingerprint density at radius 3 is 2.56 bits per heavy atom. The highest BCUT2D eigenvalue weighted by molar-refractivity contribution is 5.87. The summed E-state index contributed by atoms with van der Waals surface area (Å²) in [6.07, 6.45) is 4.14. The molecule has 0 radical (unpaired) electrons. The van der Waals surface area contributed by atoms with E-state index in [0.717, 1.165) is 12.8 Å². The molecule has 5 heteroatoms. The molecule has 1 aliphatic carbocycles. The van der Waals surface area contributed by atoms with Crippen LogP contribution in [0.3, 0.4) is 0 Å². The van der Waals surface area contributed by atoms with E-state index in [1.54, 1.807) is 4.90 Å². The summed E-state index contributed by atoms with van der Waals surface area (Å²) in [5, 5.41) is 11.4. The van der Waals surface area contributed by atoms with E-state index in [4.69, 9.17) is 10.9 Å². The summed E-state index contributed by atoms with van der Waals surface area (Å²) in [6, 6.07) is 0.0767. The minimum absolute atomic E-state index is 0.0767. The average molecular weight is 227 g/mol. The molecule has 1 amide bonds. The Morgan fingerprint density at radius 2 is 2.19 bits per heavy atom. The fourth-order valence-corrected chi connectivity index (χ4v) is 1.83. The summed E-state index contributed by atoms with van der Waals surface area (Å²) >= 11 is 0. The molecule has 16 heavy (non-hydrogen) atoms. The Kier molecular flexibility index (Phi) is 4.58. The molecule has 0 aliphatic heterocycles. The van der Waals surface area contributed by atoms with E-state index < -0.39 is 0 Å². The van der Waals surface area contributed by atoms with Crippen LogP contribution in [-0.2, 0) is 4.79 Å². The molecule has 0 unspecified atom stereocenters. The number of oxime groups is 1. The molecule has 3 N–H and O–H groups in total. The minimum Gasteiger partial charge on any atom is -0.409 e. The zero-order chi connectivity index (χ0) is 12.1. The Balaban J connectivity index is 2.50. The van der Waals surface area contributed by atoms with E-state index in [0.29, 0.717) is 12.3 Å². The van der Waals surface area contributed by atoms with E-state index in [9.17, 15) is 4.79 Å². The van der Waals surface area contributed by atoms with Crippen molar-refractivity contribution in [1.82, 2.24) is 4.90 Å². The van der Waals surface area contributed by atoms with Crippen LogP contribution in [0.25, 0.3) is 0 Å². The Labute approximate surface area is 96.3 Å². The van der Waals surface area contributed by atoms with Crippen LogP contribution < -0.4 is 5.73 Å². The number of carbonyl (C=O) groups excluding carboxylic acids is 1. The van der Waals surface area contributed by atoms with Gasteiger partial charge in [0.15, 0.2) is 5.84 Å². The first kappa shape index (κ1) is 12.8. The molecule has 0 bridgehead atoms. The van der Waals surface area contributed by atoms with E-state index in [1.165, 1.54) is 6.42 Å². The highest BCUT2D eigenvalue weighted by Gasteiger charge is 2.25. The van der Waals surface area contributed by atoms with Crippen LogP contribution in [0.15, 0.2) is 5.16 Å². The van der Waals surface area contributed by atoms with Gasteiger partial charge in [-0.05, 0) is 32.6 Å². The molecule has 92 valence electrons. The first-order chi connectivity index (χ1) is 7.54. The summed E-state index contributed by atoms with van der Waals surface area (Å²) in [6.45, 7) is 4.08. The van der Waals surface area contributed by atoms with Gasteiger partial charge in [-0.1, -0.05) is 11.6 Å². The lowest BCUT2D eigenvalue weighted by Gasteiger charge is -2.31. The monoisotopic (exact) mass is 227 g/mol. The van der Waals surface area contributed by atoms with Gasteiger partial charge in [-0.2, -0.15) is 0 Å². The van der Waals surface area contributed by atoms with Crippen LogP contribution in [0.1, 0.15) is 39.5 Å². The number of hydrogen-bond donors (Lipinski definition) is 2. The molecule has 0 spiro atoms. The molecule has 0 aromatic heterocycles. The zero-order valence-corrected chi connectivity index (χ0v) is 10.0. The highest BCUT2D eigenvalue weighted by atomic mass is 16.4. The molecule has 5 nitrogen and oxygen atoms in total. The van der Waals surface area contributed by atoms with Crippen molar-refractivity contribution in [2.75, 3.05) is 6.54 Å². The maximum atomic E-state index is 12.0. The molecule has 0 aromatic carbocycles. The summed E-state index contributed by atoms with van der Waals surface area (Å²) in [7, 11) is 0. The maximum Gasteiger partial charge on any atom is 0.223 e. The summed E-state index contributed by atoms with van der Waals surface area (Å²) in [5.74, 6) is 0.725. The molecule has 0 atom stereocenters. The fraction of sp³-hybridized carbons (Fsp3) is 0.818. The summed E-state index contributed by atoms with van der Waals surface area (Å²) in [5.41, 5.74) is 5.43. The smallest absolute Gasteiger partial charge is 0.223 e. The van der Waals surface area contributed by atoms with Crippen LogP contribution in [0, 0.1) is 5.92 Å². The quantitative estimate of drug-likeness (QED) is 0.320. The average Bonchev–Trinajstić information content (AvgIpc) is 2.18. The SMILES string of the molecule is CC(C)N(CC(N)=NO)C(=O)CC1CCC1. The second-order valence-electron chi connectivity index (χ2n) is 4.71. The van der Waals surface area contributed by atoms with Crippen molar-refractivity contribution in [3.05, 3.63) is 0 Å². The molecule has 1 fully saturated rings. The molecule has 1 aliphatic rings. The number of rotatable bonds is 5. The minimum atomic E-state index is 0.0767. The Hall–Kier alpha value is -1.26. The molecule has 1 rings (SSSR count). The van der Waals surface area contributed by atoms with Crippen molar-refractivity contribution in [1.29, 1.82) is 0 Å². The lowest BCUT2D eigenvalue weighted by Crippen LogP contribution is -2.43. The molecular weight excluding hydrogens is 206 g/mol. The van der Waals surface area contributed by atoms with Gasteiger partial charge >= 0.3 is 0 Å². The Morgan fingerprint density at radius 1 is 1.56 bits per heavy atom. The van der Waals surface area contributed by atoms with Crippen LogP contribution >= 0.6 is 0 Å². The van der Waals surface area contributed by atoms with Gasteiger partial charge in [0, 0.05) is 12.5 Å². The second-order valence-corrected chi connectivity index (χ2v) is 4.71. The van der Waals surface area contributed by atoms with E-state index in [1.807, 2.05) is 13.8 Å². The lowest BCUT2D eigenvalue weighted by molar-refractivity contribution is -0.133. The molecule has 0 saturated heterocycles. The first-order valence-electron chi connectivity index (χ1n) is 5.80. The highest BCUT2D eigenvalue weighted by Crippen LogP contribution is 2.30. The lowest BCUT2D eigenvalue weighted by atomic mass is 9.82. The van der Waals surface area contributed by atoms with Gasteiger partial charge in [0.25, 0.3) is 0 Å². The topological polar surface area (TPSA) is 78.9 Å². The third-order valence-electron chi connectivity index (χ3n) is 3.09. The van der Waals surface area contributed by atoms with Gasteiger partial charge in [-0.25, -0.2) is 0 Å². The van der Waals surface area contributed by atoms with Crippen LogP contribution in [0.5, 0.6) is 0 Å². The van der Waals surface area contributed by atoms with Crippen LogP contribution in [-0.4, -0.2) is 34.4 Å². The zero-order valence-electron chi connectivity index (χ0n) is 10.0. The number of amidine groups is 1. The van der Waals surface area contributed by atoms with E-state index in [-0.39, 0.29) is 24.3 Å². The van der Waals surface area contributed by atoms with Gasteiger partial charge < -0.3 is 15.8 Å². The number of nitrogens with two attached hydrogens (primary N) is 1. The van der Waals surface area contributed by atoms with Gasteiger partial charge in [0.1, 0.15) is 0 Å². The standard InChI is InChI=1S/C11H21N3O2/c1-8(2)14(7-10(12)13-16)11(15)6-9-4-3-5-9/h8-9,16H,3-7H2,1-2H3,(H2,12,13). The normalized spacial score (nSPS) is 17.3. The molecule has 0 heterocycles. The van der Waals surface area contributed by atoms with Crippen molar-refractivity contribution in [2.24, 2.45) is 16.8 Å². The third kappa shape index (κ3) is 3.40. The molecular formula is C11H21N3O2. The Bertz CT molecular complexity index is 272. The third-order valence-corrected chi connectivity index (χ3v) is 3.09. The predicted octanol–water partition coefficient (Wildman–Crippen LogP) is 1.16.